The fraction of sp³-hybridized carbons (Fsp3) is 0.542. The lowest BCUT2D eigenvalue weighted by Crippen LogP contribution is -2.54. The molecule has 0 spiro atoms. The number of piperidine rings is 1. The molecular weight excluding hydrogens is 443 g/mol. The molecule has 1 unspecified atom stereocenters. The number of Topliss-reactive ketones (excluding diaryl/α,β-unsaturated/α-hetero) is 1. The smallest absolute Gasteiger partial charge is 0.262 e. The van der Waals surface area contributed by atoms with Crippen molar-refractivity contribution >= 4 is 35.1 Å². The molecular formula is C24H27FN4O5. The topological polar surface area (TPSA) is 107 Å². The van der Waals surface area contributed by atoms with Gasteiger partial charge in [0, 0.05) is 52.0 Å². The summed E-state index contributed by atoms with van der Waals surface area (Å²) in [6.45, 7) is 3.59. The molecule has 4 amide bonds. The molecule has 1 aromatic rings. The summed E-state index contributed by atoms with van der Waals surface area (Å²) in [4.78, 5) is 66.1. The molecule has 3 fully saturated rings. The first kappa shape index (κ1) is 22.6. The molecule has 4 aliphatic rings. The summed E-state index contributed by atoms with van der Waals surface area (Å²) in [6.07, 6.45) is 3.27. The molecule has 0 aromatic heterocycles. The Labute approximate surface area is 196 Å². The number of anilines is 1. The van der Waals surface area contributed by atoms with Crippen LogP contribution in [0, 0.1) is 11.7 Å². The van der Waals surface area contributed by atoms with E-state index in [4.69, 9.17) is 0 Å². The number of rotatable bonds is 4. The van der Waals surface area contributed by atoms with Crippen LogP contribution in [0.15, 0.2) is 12.1 Å². The van der Waals surface area contributed by atoms with Gasteiger partial charge in [-0.3, -0.25) is 39.1 Å². The summed E-state index contributed by atoms with van der Waals surface area (Å²) >= 11 is 0. The van der Waals surface area contributed by atoms with Crippen LogP contribution >= 0.6 is 0 Å². The molecule has 0 radical (unpaired) electrons. The first-order chi connectivity index (χ1) is 16.3. The van der Waals surface area contributed by atoms with Crippen LogP contribution in [0.4, 0.5) is 10.1 Å². The molecule has 5 rings (SSSR count). The molecule has 1 saturated carbocycles. The van der Waals surface area contributed by atoms with Crippen LogP contribution in [0.5, 0.6) is 0 Å². The third kappa shape index (κ3) is 4.11. The van der Waals surface area contributed by atoms with Gasteiger partial charge < -0.3 is 4.90 Å². The molecule has 2 saturated heterocycles. The number of amides is 4. The summed E-state index contributed by atoms with van der Waals surface area (Å²) in [5.74, 6) is -2.20. The number of carbonyl (C=O) groups excluding carboxylic acids is 5. The van der Waals surface area contributed by atoms with E-state index in [1.54, 1.807) is 0 Å². The number of piperazine rings is 1. The molecule has 1 aromatic carbocycles. The highest BCUT2D eigenvalue weighted by molar-refractivity contribution is 6.23. The van der Waals surface area contributed by atoms with Crippen LogP contribution < -0.4 is 10.2 Å². The molecule has 10 heteroatoms. The van der Waals surface area contributed by atoms with Crippen LogP contribution in [0.25, 0.3) is 0 Å². The monoisotopic (exact) mass is 470 g/mol. The highest BCUT2D eigenvalue weighted by Gasteiger charge is 2.45. The molecule has 3 aliphatic heterocycles. The summed E-state index contributed by atoms with van der Waals surface area (Å²) in [7, 11) is 0. The lowest BCUT2D eigenvalue weighted by Gasteiger charge is -2.38. The minimum absolute atomic E-state index is 0.0326. The van der Waals surface area contributed by atoms with Gasteiger partial charge in [0.15, 0.2) is 0 Å². The zero-order valence-electron chi connectivity index (χ0n) is 18.8. The summed E-state index contributed by atoms with van der Waals surface area (Å²) < 4.78 is 15.0. The minimum Gasteiger partial charge on any atom is -0.367 e. The summed E-state index contributed by atoms with van der Waals surface area (Å²) in [5, 5.41) is 2.16. The largest absolute Gasteiger partial charge is 0.367 e. The predicted molar refractivity (Wildman–Crippen MR) is 119 cm³/mol. The summed E-state index contributed by atoms with van der Waals surface area (Å²) in [6, 6.07) is 1.43. The number of nitrogens with one attached hydrogen (secondary N) is 1. The van der Waals surface area contributed by atoms with Gasteiger partial charge in [-0.1, -0.05) is 0 Å². The molecule has 0 bridgehead atoms. The van der Waals surface area contributed by atoms with E-state index in [0.29, 0.717) is 37.6 Å². The fourth-order valence-corrected chi connectivity index (χ4v) is 5.44. The normalized spacial score (nSPS) is 24.6. The maximum absolute atomic E-state index is 15.0. The van der Waals surface area contributed by atoms with E-state index in [1.165, 1.54) is 6.07 Å². The van der Waals surface area contributed by atoms with Crippen molar-refractivity contribution in [1.82, 2.24) is 15.1 Å². The maximum atomic E-state index is 15.0. The molecule has 1 N–H and O–H groups in total. The quantitative estimate of drug-likeness (QED) is 0.657. The Balaban J connectivity index is 1.27. The van der Waals surface area contributed by atoms with Crippen LogP contribution in [0.3, 0.4) is 0 Å². The van der Waals surface area contributed by atoms with Gasteiger partial charge in [-0.15, -0.1) is 0 Å². The Morgan fingerprint density at radius 1 is 0.853 bits per heavy atom. The van der Waals surface area contributed by atoms with Crippen LogP contribution in [0.2, 0.25) is 0 Å². The highest BCUT2D eigenvalue weighted by atomic mass is 19.1. The number of fused-ring (bicyclic) bond motifs is 1. The molecule has 9 nitrogen and oxygen atoms in total. The minimum atomic E-state index is -1.07. The Morgan fingerprint density at radius 2 is 1.50 bits per heavy atom. The van der Waals surface area contributed by atoms with E-state index in [0.717, 1.165) is 43.4 Å². The Morgan fingerprint density at radius 3 is 2.15 bits per heavy atom. The SMILES string of the molecule is O=C1CCC(CN2CCN(c3cc4c(cc3F)C(=O)N(C3CCC(=O)NC3=O)C4=O)CC2)CC1. The van der Waals surface area contributed by atoms with E-state index in [9.17, 15) is 24.0 Å². The highest BCUT2D eigenvalue weighted by Crippen LogP contribution is 2.33. The average Bonchev–Trinajstić information content (AvgIpc) is 3.05. The predicted octanol–water partition coefficient (Wildman–Crippen LogP) is 1.11. The number of hydrogen-bond acceptors (Lipinski definition) is 7. The van der Waals surface area contributed by atoms with Gasteiger partial charge >= 0.3 is 0 Å². The van der Waals surface area contributed by atoms with E-state index >= 15 is 4.39 Å². The Kier molecular flexibility index (Phi) is 5.93. The molecule has 1 aliphatic carbocycles. The van der Waals surface area contributed by atoms with Gasteiger partial charge in [0.25, 0.3) is 11.8 Å². The lowest BCUT2D eigenvalue weighted by molar-refractivity contribution is -0.136. The number of benzene rings is 1. The molecule has 1 atom stereocenters. The average molecular weight is 471 g/mol. The van der Waals surface area contributed by atoms with E-state index in [-0.39, 0.29) is 29.7 Å². The molecule has 34 heavy (non-hydrogen) atoms. The molecule has 180 valence electrons. The standard InChI is InChI=1S/C24H27FN4O5/c25-18-11-16-17(24(34)29(23(16)33)19-5-6-21(31)26-22(19)32)12-20(18)28-9-7-27(8-10-28)13-14-1-3-15(30)4-2-14/h11-12,14,19H,1-10,13H2,(H,26,31,32). The van der Waals surface area contributed by atoms with Crippen molar-refractivity contribution in [3.05, 3.63) is 29.1 Å². The third-order valence-corrected chi connectivity index (χ3v) is 7.40. The second kappa shape index (κ2) is 8.90. The van der Waals surface area contributed by atoms with Gasteiger partial charge in [-0.25, -0.2) is 4.39 Å². The van der Waals surface area contributed by atoms with Crippen molar-refractivity contribution in [3.8, 4) is 0 Å². The first-order valence-electron chi connectivity index (χ1n) is 11.9. The van der Waals surface area contributed by atoms with Crippen LogP contribution in [-0.4, -0.2) is 78.0 Å². The summed E-state index contributed by atoms with van der Waals surface area (Å²) in [5.41, 5.74) is 0.301. The second-order valence-corrected chi connectivity index (χ2v) is 9.57. The van der Waals surface area contributed by atoms with Crippen molar-refractivity contribution in [2.24, 2.45) is 5.92 Å². The van der Waals surface area contributed by atoms with Gasteiger partial charge in [-0.05, 0) is 37.3 Å². The van der Waals surface area contributed by atoms with Crippen molar-refractivity contribution < 1.29 is 28.4 Å². The number of nitrogens with zero attached hydrogens (tertiary/aromatic N) is 3. The third-order valence-electron chi connectivity index (χ3n) is 7.40. The second-order valence-electron chi connectivity index (χ2n) is 9.57. The number of ketones is 1. The van der Waals surface area contributed by atoms with Gasteiger partial charge in [-0.2, -0.15) is 0 Å². The van der Waals surface area contributed by atoms with Crippen LogP contribution in [0.1, 0.15) is 59.2 Å². The number of halogens is 1. The zero-order valence-corrected chi connectivity index (χ0v) is 18.8. The number of carbonyl (C=O) groups is 5. The Hall–Kier alpha value is -3.14. The Bertz CT molecular complexity index is 1070. The molecule has 3 heterocycles. The van der Waals surface area contributed by atoms with Gasteiger partial charge in [0.05, 0.1) is 16.8 Å². The fourth-order valence-electron chi connectivity index (χ4n) is 5.44. The van der Waals surface area contributed by atoms with Crippen LogP contribution in [-0.2, 0) is 14.4 Å². The number of imide groups is 2. The van der Waals surface area contributed by atoms with E-state index in [2.05, 4.69) is 10.2 Å². The lowest BCUT2D eigenvalue weighted by atomic mass is 9.88. The van der Waals surface area contributed by atoms with E-state index in [1.807, 2.05) is 4.90 Å². The zero-order chi connectivity index (χ0) is 24.0. The van der Waals surface area contributed by atoms with Crippen molar-refractivity contribution in [2.75, 3.05) is 37.6 Å². The van der Waals surface area contributed by atoms with Crippen molar-refractivity contribution in [2.45, 2.75) is 44.6 Å². The first-order valence-corrected chi connectivity index (χ1v) is 11.9. The van der Waals surface area contributed by atoms with Gasteiger partial charge in [0.2, 0.25) is 11.8 Å². The van der Waals surface area contributed by atoms with Crippen molar-refractivity contribution in [1.29, 1.82) is 0 Å². The maximum Gasteiger partial charge on any atom is 0.262 e. The van der Waals surface area contributed by atoms with Crippen molar-refractivity contribution in [3.63, 3.8) is 0 Å². The number of hydrogen-bond donors (Lipinski definition) is 1. The van der Waals surface area contributed by atoms with E-state index < -0.39 is 35.5 Å². The van der Waals surface area contributed by atoms with Gasteiger partial charge in [0.1, 0.15) is 17.6 Å².